The second kappa shape index (κ2) is 7.41. The highest BCUT2D eigenvalue weighted by Crippen LogP contribution is 2.26. The Kier molecular flexibility index (Phi) is 4.62. The van der Waals surface area contributed by atoms with Crippen molar-refractivity contribution in [2.24, 2.45) is 0 Å². The maximum absolute atomic E-state index is 13.0. The number of anilines is 2. The van der Waals surface area contributed by atoms with E-state index in [0.29, 0.717) is 18.8 Å². The summed E-state index contributed by atoms with van der Waals surface area (Å²) in [6.45, 7) is 5.01. The summed E-state index contributed by atoms with van der Waals surface area (Å²) >= 11 is 0. The number of aromatic nitrogens is 3. The summed E-state index contributed by atoms with van der Waals surface area (Å²) in [5.74, 6) is 2.87. The van der Waals surface area contributed by atoms with E-state index in [4.69, 9.17) is 4.52 Å². The van der Waals surface area contributed by atoms with Crippen molar-refractivity contribution in [2.75, 3.05) is 49.1 Å². The first-order valence-electron chi connectivity index (χ1n) is 10.4. The largest absolute Gasteiger partial charge is 0.360 e. The molecule has 0 bridgehead atoms. The van der Waals surface area contributed by atoms with Crippen LogP contribution in [-0.4, -0.2) is 65.2 Å². The molecule has 1 aliphatic carbocycles. The molecule has 8 nitrogen and oxygen atoms in total. The first-order chi connectivity index (χ1) is 13.8. The van der Waals surface area contributed by atoms with E-state index in [1.807, 2.05) is 4.90 Å². The number of fused-ring (bicyclic) bond motifs is 1. The number of hydrogen-bond acceptors (Lipinski definition) is 7. The van der Waals surface area contributed by atoms with Crippen molar-refractivity contribution in [2.45, 2.75) is 38.5 Å². The number of nitrogens with zero attached hydrogens (tertiary/aromatic N) is 6. The maximum Gasteiger partial charge on any atom is 0.276 e. The Morgan fingerprint density at radius 1 is 0.857 bits per heavy atom. The molecule has 148 valence electrons. The molecule has 0 aromatic carbocycles. The van der Waals surface area contributed by atoms with Gasteiger partial charge in [0.15, 0.2) is 5.69 Å². The predicted molar refractivity (Wildman–Crippen MR) is 105 cm³/mol. The quantitative estimate of drug-likeness (QED) is 0.802. The van der Waals surface area contributed by atoms with Gasteiger partial charge in [-0.1, -0.05) is 5.16 Å². The molecule has 2 aromatic heterocycles. The fourth-order valence-corrected chi connectivity index (χ4v) is 4.47. The van der Waals surface area contributed by atoms with Gasteiger partial charge in [-0.05, 0) is 32.1 Å². The van der Waals surface area contributed by atoms with Crippen molar-refractivity contribution in [3.63, 3.8) is 0 Å². The molecule has 2 saturated heterocycles. The standard InChI is InChI=1S/C20H26N6O2/c27-20(19-15-5-1-2-6-16(15)28-23-19)26-11-9-25(10-12-26)18-13-17(21-14-22-18)24-7-3-4-8-24/h13-14H,1-12H2. The van der Waals surface area contributed by atoms with Crippen LogP contribution in [0.25, 0.3) is 0 Å². The Hall–Kier alpha value is -2.64. The van der Waals surface area contributed by atoms with Gasteiger partial charge >= 0.3 is 0 Å². The van der Waals surface area contributed by atoms with E-state index in [1.54, 1.807) is 6.33 Å². The van der Waals surface area contributed by atoms with E-state index in [9.17, 15) is 4.79 Å². The lowest BCUT2D eigenvalue weighted by Gasteiger charge is -2.35. The van der Waals surface area contributed by atoms with Crippen LogP contribution in [0.1, 0.15) is 47.5 Å². The van der Waals surface area contributed by atoms with Crippen LogP contribution in [0.15, 0.2) is 16.9 Å². The average Bonchev–Trinajstić information content (AvgIpc) is 3.44. The third kappa shape index (κ3) is 3.21. The molecule has 0 N–H and O–H groups in total. The summed E-state index contributed by atoms with van der Waals surface area (Å²) in [5, 5.41) is 4.10. The van der Waals surface area contributed by atoms with Crippen LogP contribution < -0.4 is 9.80 Å². The highest BCUT2D eigenvalue weighted by molar-refractivity contribution is 5.94. The zero-order valence-corrected chi connectivity index (χ0v) is 16.1. The van der Waals surface area contributed by atoms with E-state index in [-0.39, 0.29) is 5.91 Å². The molecular weight excluding hydrogens is 356 g/mol. The van der Waals surface area contributed by atoms with Crippen molar-refractivity contribution < 1.29 is 9.32 Å². The van der Waals surface area contributed by atoms with E-state index in [0.717, 1.165) is 74.8 Å². The fraction of sp³-hybridized carbons (Fsp3) is 0.600. The first kappa shape index (κ1) is 17.5. The van der Waals surface area contributed by atoms with Crippen molar-refractivity contribution in [3.05, 3.63) is 29.4 Å². The van der Waals surface area contributed by atoms with Gasteiger partial charge in [-0.25, -0.2) is 9.97 Å². The van der Waals surface area contributed by atoms with Crippen LogP contribution in [0.4, 0.5) is 11.6 Å². The average molecular weight is 382 g/mol. The molecule has 0 radical (unpaired) electrons. The fourth-order valence-electron chi connectivity index (χ4n) is 4.47. The Morgan fingerprint density at radius 2 is 1.54 bits per heavy atom. The van der Waals surface area contributed by atoms with Crippen molar-refractivity contribution in [1.82, 2.24) is 20.0 Å². The SMILES string of the molecule is O=C(c1noc2c1CCCC2)N1CCN(c2cc(N3CCCC3)ncn2)CC1. The second-order valence-electron chi connectivity index (χ2n) is 7.85. The minimum atomic E-state index is 0.00648. The highest BCUT2D eigenvalue weighted by atomic mass is 16.5. The number of amides is 1. The van der Waals surface area contributed by atoms with Gasteiger partial charge in [-0.15, -0.1) is 0 Å². The molecular formula is C20H26N6O2. The van der Waals surface area contributed by atoms with Gasteiger partial charge in [0.1, 0.15) is 23.7 Å². The highest BCUT2D eigenvalue weighted by Gasteiger charge is 2.30. The third-order valence-electron chi connectivity index (χ3n) is 6.11. The molecule has 1 amide bonds. The molecule has 4 heterocycles. The maximum atomic E-state index is 13.0. The number of carbonyl (C=O) groups is 1. The lowest BCUT2D eigenvalue weighted by Crippen LogP contribution is -2.49. The number of hydrogen-bond donors (Lipinski definition) is 0. The molecule has 0 unspecified atom stereocenters. The molecule has 3 aliphatic rings. The Morgan fingerprint density at radius 3 is 2.29 bits per heavy atom. The molecule has 2 fully saturated rings. The molecule has 2 aliphatic heterocycles. The van der Waals surface area contributed by atoms with E-state index in [1.165, 1.54) is 12.8 Å². The number of piperazine rings is 1. The van der Waals surface area contributed by atoms with Gasteiger partial charge < -0.3 is 19.2 Å². The Balaban J connectivity index is 1.25. The monoisotopic (exact) mass is 382 g/mol. The van der Waals surface area contributed by atoms with Crippen molar-refractivity contribution in [1.29, 1.82) is 0 Å². The van der Waals surface area contributed by atoms with E-state index >= 15 is 0 Å². The topological polar surface area (TPSA) is 78.6 Å². The molecule has 5 rings (SSSR count). The van der Waals surface area contributed by atoms with Crippen LogP contribution >= 0.6 is 0 Å². The molecule has 2 aromatic rings. The predicted octanol–water partition coefficient (Wildman–Crippen LogP) is 1.91. The van der Waals surface area contributed by atoms with Crippen LogP contribution in [0.2, 0.25) is 0 Å². The smallest absolute Gasteiger partial charge is 0.276 e. The lowest BCUT2D eigenvalue weighted by molar-refractivity contribution is 0.0735. The summed E-state index contributed by atoms with van der Waals surface area (Å²) in [7, 11) is 0. The summed E-state index contributed by atoms with van der Waals surface area (Å²) in [6.07, 6.45) is 8.14. The van der Waals surface area contributed by atoms with Crippen LogP contribution in [0, 0.1) is 0 Å². The van der Waals surface area contributed by atoms with Crippen LogP contribution in [0.3, 0.4) is 0 Å². The van der Waals surface area contributed by atoms with Crippen LogP contribution in [0.5, 0.6) is 0 Å². The third-order valence-corrected chi connectivity index (χ3v) is 6.11. The minimum absolute atomic E-state index is 0.00648. The Bertz CT molecular complexity index is 852. The molecule has 0 saturated carbocycles. The Labute approximate surface area is 164 Å². The van der Waals surface area contributed by atoms with Crippen molar-refractivity contribution >= 4 is 17.5 Å². The molecule has 8 heteroatoms. The summed E-state index contributed by atoms with van der Waals surface area (Å²) < 4.78 is 5.42. The molecule has 28 heavy (non-hydrogen) atoms. The lowest BCUT2D eigenvalue weighted by atomic mass is 9.96. The van der Waals surface area contributed by atoms with Gasteiger partial charge in [0.05, 0.1) is 0 Å². The number of rotatable bonds is 3. The van der Waals surface area contributed by atoms with Gasteiger partial charge in [0.2, 0.25) is 0 Å². The first-order valence-corrected chi connectivity index (χ1v) is 10.4. The van der Waals surface area contributed by atoms with E-state index < -0.39 is 0 Å². The number of carbonyl (C=O) groups excluding carboxylic acids is 1. The van der Waals surface area contributed by atoms with Gasteiger partial charge in [-0.2, -0.15) is 0 Å². The van der Waals surface area contributed by atoms with Gasteiger partial charge in [0.25, 0.3) is 5.91 Å². The summed E-state index contributed by atoms with van der Waals surface area (Å²) in [5.41, 5.74) is 1.56. The van der Waals surface area contributed by atoms with Crippen LogP contribution in [-0.2, 0) is 12.8 Å². The molecule has 0 spiro atoms. The zero-order valence-electron chi connectivity index (χ0n) is 16.1. The number of aryl methyl sites for hydroxylation is 1. The van der Waals surface area contributed by atoms with Gasteiger partial charge in [0, 0.05) is 57.3 Å². The second-order valence-corrected chi connectivity index (χ2v) is 7.85. The minimum Gasteiger partial charge on any atom is -0.360 e. The normalized spacial score (nSPS) is 19.8. The zero-order chi connectivity index (χ0) is 18.9. The van der Waals surface area contributed by atoms with Crippen molar-refractivity contribution in [3.8, 4) is 0 Å². The summed E-state index contributed by atoms with van der Waals surface area (Å²) in [4.78, 5) is 28.3. The molecule has 0 atom stereocenters. The summed E-state index contributed by atoms with van der Waals surface area (Å²) in [6, 6.07) is 2.08. The van der Waals surface area contributed by atoms with Gasteiger partial charge in [-0.3, -0.25) is 4.79 Å². The van der Waals surface area contributed by atoms with E-state index in [2.05, 4.69) is 31.0 Å².